The first-order chi connectivity index (χ1) is 35.0. The lowest BCUT2D eigenvalue weighted by molar-refractivity contribution is 0.661. The molecule has 0 unspecified atom stereocenters. The summed E-state index contributed by atoms with van der Waals surface area (Å²) in [5.41, 5.74) is 15.7. The summed E-state index contributed by atoms with van der Waals surface area (Å²) in [5, 5.41) is 33.4. The van der Waals surface area contributed by atoms with Crippen molar-refractivity contribution in [2.75, 3.05) is 0 Å². The van der Waals surface area contributed by atoms with Gasteiger partial charge in [0, 0.05) is 48.5 Å². The maximum atomic E-state index is 12.5. The Labute approximate surface area is 407 Å². The van der Waals surface area contributed by atoms with E-state index in [4.69, 9.17) is 0 Å². The lowest BCUT2D eigenvalue weighted by Crippen LogP contribution is -2.17. The highest BCUT2D eigenvalue weighted by molar-refractivity contribution is 6.16. The van der Waals surface area contributed by atoms with Crippen LogP contribution in [-0.2, 0) is 5.41 Å². The number of nitriles is 2. The van der Waals surface area contributed by atoms with Gasteiger partial charge in [-0.2, -0.15) is 10.5 Å². The van der Waals surface area contributed by atoms with Crippen molar-refractivity contribution in [2.45, 2.75) is 19.3 Å². The lowest BCUT2D eigenvalue weighted by atomic mass is 9.82. The molecule has 0 fully saturated rings. The normalized spacial score (nSPS) is 13.0. The predicted molar refractivity (Wildman–Crippen MR) is 291 cm³/mol. The SMILES string of the molecule is CC1(C)c2ccccc2-c2cc3c(cc21)c1ccccc1n3-c1c(C#N)c(-n2c3ccccc3c3ccccc32)c(C#N)c(-n2c3ccccc3c3ccccc32)c1-n1c2ccccc2c2ccccc21. The zero-order valence-corrected chi connectivity index (χ0v) is 38.8. The van der Waals surface area contributed by atoms with E-state index in [2.05, 4.69) is 238 Å². The van der Waals surface area contributed by atoms with E-state index in [-0.39, 0.29) is 5.41 Å². The molecule has 0 saturated heterocycles. The summed E-state index contributed by atoms with van der Waals surface area (Å²) >= 11 is 0. The van der Waals surface area contributed by atoms with Gasteiger partial charge in [-0.05, 0) is 76.9 Å². The number of aromatic nitrogens is 4. The van der Waals surface area contributed by atoms with E-state index in [0.717, 1.165) is 92.9 Å². The smallest absolute Gasteiger partial charge is 0.104 e. The van der Waals surface area contributed by atoms with E-state index in [1.807, 2.05) is 12.1 Å². The van der Waals surface area contributed by atoms with E-state index in [1.54, 1.807) is 0 Å². The Kier molecular flexibility index (Phi) is 7.88. The first-order valence-corrected chi connectivity index (χ1v) is 24.2. The third kappa shape index (κ3) is 5.02. The lowest BCUT2D eigenvalue weighted by Gasteiger charge is -2.27. The van der Waals surface area contributed by atoms with Crippen LogP contribution in [0.25, 0.3) is 121 Å². The maximum absolute atomic E-state index is 12.5. The van der Waals surface area contributed by atoms with Gasteiger partial charge >= 0.3 is 0 Å². The molecule has 6 heteroatoms. The molecule has 0 radical (unpaired) electrons. The van der Waals surface area contributed by atoms with Crippen LogP contribution >= 0.6 is 0 Å². The van der Waals surface area contributed by atoms with Crippen LogP contribution < -0.4 is 0 Å². The fourth-order valence-corrected chi connectivity index (χ4v) is 12.7. The number of nitrogens with zero attached hydrogens (tertiary/aromatic N) is 6. The zero-order chi connectivity index (χ0) is 47.3. The molecule has 6 nitrogen and oxygen atoms in total. The van der Waals surface area contributed by atoms with Crippen LogP contribution in [0.15, 0.2) is 206 Å². The molecule has 0 bridgehead atoms. The number of hydrogen-bond donors (Lipinski definition) is 0. The molecule has 14 aromatic rings. The first kappa shape index (κ1) is 39.4. The summed E-state index contributed by atoms with van der Waals surface area (Å²) in [6, 6.07) is 78.7. The van der Waals surface area contributed by atoms with Gasteiger partial charge in [-0.15, -0.1) is 0 Å². The fourth-order valence-electron chi connectivity index (χ4n) is 12.7. The van der Waals surface area contributed by atoms with Crippen LogP contribution in [0.3, 0.4) is 0 Å². The van der Waals surface area contributed by atoms with Crippen LogP contribution in [0.1, 0.15) is 36.1 Å². The molecular weight excluding hydrogens is 865 g/mol. The van der Waals surface area contributed by atoms with Gasteiger partial charge in [0.15, 0.2) is 0 Å². The van der Waals surface area contributed by atoms with Crippen molar-refractivity contribution in [1.29, 1.82) is 10.5 Å². The summed E-state index contributed by atoms with van der Waals surface area (Å²) in [6.07, 6.45) is 0. The molecular formula is C65H40N6. The predicted octanol–water partition coefficient (Wildman–Crippen LogP) is 16.1. The Bertz CT molecular complexity index is 4600. The second kappa shape index (κ2) is 14.2. The molecule has 71 heavy (non-hydrogen) atoms. The molecule has 0 aliphatic heterocycles. The highest BCUT2D eigenvalue weighted by Gasteiger charge is 2.38. The summed E-state index contributed by atoms with van der Waals surface area (Å²) in [7, 11) is 0. The zero-order valence-electron chi connectivity index (χ0n) is 38.8. The van der Waals surface area contributed by atoms with Gasteiger partial charge in [-0.25, -0.2) is 0 Å². The summed E-state index contributed by atoms with van der Waals surface area (Å²) in [6.45, 7) is 4.65. The molecule has 10 aromatic carbocycles. The van der Waals surface area contributed by atoms with Gasteiger partial charge in [0.05, 0.1) is 66.9 Å². The van der Waals surface area contributed by atoms with Crippen LogP contribution in [0.4, 0.5) is 0 Å². The Morgan fingerprint density at radius 2 is 0.606 bits per heavy atom. The van der Waals surface area contributed by atoms with Crippen molar-refractivity contribution in [1.82, 2.24) is 18.3 Å². The van der Waals surface area contributed by atoms with E-state index in [9.17, 15) is 10.5 Å². The van der Waals surface area contributed by atoms with Gasteiger partial charge in [-0.3, -0.25) is 0 Å². The van der Waals surface area contributed by atoms with Gasteiger partial charge in [0.1, 0.15) is 23.3 Å². The summed E-state index contributed by atoms with van der Waals surface area (Å²) in [5.74, 6) is 0. The van der Waals surface area contributed by atoms with Crippen molar-refractivity contribution < 1.29 is 0 Å². The average Bonchev–Trinajstić information content (AvgIpc) is 4.19. The molecule has 1 aliphatic carbocycles. The van der Waals surface area contributed by atoms with Crippen LogP contribution in [0.5, 0.6) is 0 Å². The number of benzene rings is 10. The minimum atomic E-state index is -0.239. The van der Waals surface area contributed by atoms with Crippen molar-refractivity contribution >= 4 is 87.2 Å². The molecule has 0 N–H and O–H groups in total. The highest BCUT2D eigenvalue weighted by Crippen LogP contribution is 2.53. The minimum absolute atomic E-state index is 0.239. The number of rotatable bonds is 4. The average molecular weight is 905 g/mol. The number of hydrogen-bond acceptors (Lipinski definition) is 2. The molecule has 1 aliphatic rings. The van der Waals surface area contributed by atoms with Crippen molar-refractivity contribution in [3.05, 3.63) is 229 Å². The topological polar surface area (TPSA) is 67.3 Å². The highest BCUT2D eigenvalue weighted by atomic mass is 15.1. The second-order valence-corrected chi connectivity index (χ2v) is 19.4. The first-order valence-electron chi connectivity index (χ1n) is 24.2. The van der Waals surface area contributed by atoms with Gasteiger partial charge in [0.25, 0.3) is 0 Å². The van der Waals surface area contributed by atoms with Crippen molar-refractivity contribution in [3.8, 4) is 46.0 Å². The summed E-state index contributed by atoms with van der Waals surface area (Å²) < 4.78 is 9.17. The van der Waals surface area contributed by atoms with Gasteiger partial charge in [-0.1, -0.05) is 166 Å². The number of para-hydroxylation sites is 7. The quantitative estimate of drug-likeness (QED) is 0.177. The largest absolute Gasteiger partial charge is 0.306 e. The van der Waals surface area contributed by atoms with Crippen molar-refractivity contribution in [2.24, 2.45) is 0 Å². The Morgan fingerprint density at radius 3 is 1.00 bits per heavy atom. The molecule has 4 aromatic heterocycles. The van der Waals surface area contributed by atoms with Gasteiger partial charge in [0.2, 0.25) is 0 Å². The minimum Gasteiger partial charge on any atom is -0.306 e. The Morgan fingerprint density at radius 1 is 0.296 bits per heavy atom. The van der Waals surface area contributed by atoms with Gasteiger partial charge < -0.3 is 18.3 Å². The second-order valence-electron chi connectivity index (χ2n) is 19.4. The standard InChI is InChI=1S/C65H40N6/c1-65(2)51-27-11-3-19-39(51)47-36-60-48(35-52(47)65)46-26-10-18-34-59(46)71(60)63-50(38-67)61(68-53-28-12-4-20-40(53)41-21-5-13-29-54(41)68)49(37-66)62(69-55-30-14-6-22-42(55)43-23-7-15-31-56(43)69)64(63)70-57-32-16-8-24-44(57)45-25-9-17-33-58(45)70/h3-36H,1-2H3. The summed E-state index contributed by atoms with van der Waals surface area (Å²) in [4.78, 5) is 0. The number of fused-ring (bicyclic) bond motifs is 15. The Hall–Kier alpha value is -9.62. The van der Waals surface area contributed by atoms with E-state index in [1.165, 1.54) is 22.3 Å². The molecule has 0 atom stereocenters. The van der Waals surface area contributed by atoms with E-state index < -0.39 is 0 Å². The molecule has 15 rings (SSSR count). The van der Waals surface area contributed by atoms with Crippen LogP contribution in [0, 0.1) is 22.7 Å². The van der Waals surface area contributed by atoms with E-state index in [0.29, 0.717) is 28.2 Å². The van der Waals surface area contributed by atoms with Crippen LogP contribution in [-0.4, -0.2) is 18.3 Å². The maximum Gasteiger partial charge on any atom is 0.104 e. The van der Waals surface area contributed by atoms with E-state index >= 15 is 0 Å². The Balaban J connectivity index is 1.27. The molecule has 0 amide bonds. The molecule has 4 heterocycles. The fraction of sp³-hybridized carbons (Fsp3) is 0.0462. The third-order valence-corrected chi connectivity index (χ3v) is 15.6. The monoisotopic (exact) mass is 904 g/mol. The van der Waals surface area contributed by atoms with Crippen molar-refractivity contribution in [3.63, 3.8) is 0 Å². The van der Waals surface area contributed by atoms with Crippen LogP contribution in [0.2, 0.25) is 0 Å². The molecule has 0 saturated carbocycles. The molecule has 0 spiro atoms. The molecule has 330 valence electrons. The third-order valence-electron chi connectivity index (χ3n) is 15.6.